The molecular formula is C12H16N4O2. The molecule has 3 heterocycles. The van der Waals surface area contributed by atoms with Gasteiger partial charge in [-0.25, -0.2) is 0 Å². The third-order valence-corrected chi connectivity index (χ3v) is 3.12. The minimum absolute atomic E-state index is 0.0508. The summed E-state index contributed by atoms with van der Waals surface area (Å²) in [5.74, 6) is 1.31. The smallest absolute Gasteiger partial charge is 0.246 e. The van der Waals surface area contributed by atoms with E-state index in [9.17, 15) is 0 Å². The lowest BCUT2D eigenvalue weighted by Gasteiger charge is -2.32. The number of H-pyrrole nitrogens is 1. The molecule has 0 aromatic carbocycles. The molecule has 0 amide bonds. The Balaban J connectivity index is 1.77. The van der Waals surface area contributed by atoms with Crippen LogP contribution in [-0.2, 0) is 11.3 Å². The van der Waals surface area contributed by atoms with Gasteiger partial charge in [-0.3, -0.25) is 4.90 Å². The molecule has 6 heteroatoms. The number of aromatic nitrogens is 3. The first kappa shape index (κ1) is 11.4. The van der Waals surface area contributed by atoms with Gasteiger partial charge < -0.3 is 14.2 Å². The van der Waals surface area contributed by atoms with Crippen molar-refractivity contribution in [1.82, 2.24) is 20.0 Å². The number of morpholine rings is 1. The molecular weight excluding hydrogens is 232 g/mol. The summed E-state index contributed by atoms with van der Waals surface area (Å²) in [6, 6.07) is 2.13. The van der Waals surface area contributed by atoms with Crippen LogP contribution in [0.5, 0.6) is 0 Å². The van der Waals surface area contributed by atoms with Crippen LogP contribution < -0.4 is 0 Å². The number of hydrogen-bond acceptors (Lipinski definition) is 5. The van der Waals surface area contributed by atoms with Crippen molar-refractivity contribution in [2.24, 2.45) is 0 Å². The zero-order valence-electron chi connectivity index (χ0n) is 10.3. The second kappa shape index (κ2) is 4.91. The van der Waals surface area contributed by atoms with Gasteiger partial charge in [0.15, 0.2) is 5.82 Å². The highest BCUT2D eigenvalue weighted by atomic mass is 16.5. The Morgan fingerprint density at radius 3 is 3.22 bits per heavy atom. The first-order valence-corrected chi connectivity index (χ1v) is 6.06. The van der Waals surface area contributed by atoms with Crippen LogP contribution in [0.15, 0.2) is 23.0 Å². The molecule has 1 unspecified atom stereocenters. The summed E-state index contributed by atoms with van der Waals surface area (Å²) >= 11 is 0. The summed E-state index contributed by atoms with van der Waals surface area (Å²) in [6.45, 7) is 4.91. The van der Waals surface area contributed by atoms with E-state index in [-0.39, 0.29) is 6.04 Å². The summed E-state index contributed by atoms with van der Waals surface area (Å²) in [5.41, 5.74) is 1.25. The van der Waals surface area contributed by atoms with Crippen LogP contribution in [0, 0.1) is 6.92 Å². The van der Waals surface area contributed by atoms with Crippen molar-refractivity contribution in [1.29, 1.82) is 0 Å². The highest BCUT2D eigenvalue weighted by Crippen LogP contribution is 2.24. The van der Waals surface area contributed by atoms with Crippen LogP contribution in [0.2, 0.25) is 0 Å². The third kappa shape index (κ3) is 2.30. The number of aromatic amines is 1. The van der Waals surface area contributed by atoms with Crippen LogP contribution in [0.25, 0.3) is 0 Å². The summed E-state index contributed by atoms with van der Waals surface area (Å²) in [7, 11) is 0. The molecule has 0 aliphatic carbocycles. The maximum atomic E-state index is 5.52. The van der Waals surface area contributed by atoms with Gasteiger partial charge in [-0.2, -0.15) is 4.98 Å². The van der Waals surface area contributed by atoms with E-state index < -0.39 is 0 Å². The van der Waals surface area contributed by atoms with Crippen molar-refractivity contribution < 1.29 is 9.26 Å². The van der Waals surface area contributed by atoms with Gasteiger partial charge in [-0.05, 0) is 18.6 Å². The fraction of sp³-hybridized carbons (Fsp3) is 0.500. The quantitative estimate of drug-likeness (QED) is 0.886. The van der Waals surface area contributed by atoms with Gasteiger partial charge in [0.1, 0.15) is 6.04 Å². The van der Waals surface area contributed by atoms with Crippen molar-refractivity contribution in [2.75, 3.05) is 19.8 Å². The number of rotatable bonds is 3. The molecule has 2 aromatic heterocycles. The lowest BCUT2D eigenvalue weighted by Crippen LogP contribution is -2.39. The topological polar surface area (TPSA) is 67.2 Å². The molecule has 1 N–H and O–H groups in total. The van der Waals surface area contributed by atoms with E-state index in [1.54, 1.807) is 0 Å². The second-order valence-corrected chi connectivity index (χ2v) is 4.46. The highest BCUT2D eigenvalue weighted by Gasteiger charge is 2.29. The highest BCUT2D eigenvalue weighted by molar-refractivity contribution is 5.09. The molecule has 2 aromatic rings. The number of nitrogens with one attached hydrogen (secondary N) is 1. The summed E-state index contributed by atoms with van der Waals surface area (Å²) in [4.78, 5) is 9.68. The largest absolute Gasteiger partial charge is 0.378 e. The molecule has 96 valence electrons. The number of nitrogens with zero attached hydrogens (tertiary/aromatic N) is 3. The standard InChI is InChI=1S/C12H16N4O2/c1-9-14-12(18-15-9)11-8-17-5-4-16(11)7-10-2-3-13-6-10/h2-3,6,11,13H,4-5,7-8H2,1H3. The molecule has 0 saturated carbocycles. The third-order valence-electron chi connectivity index (χ3n) is 3.12. The van der Waals surface area contributed by atoms with Gasteiger partial charge in [0, 0.05) is 25.5 Å². The van der Waals surface area contributed by atoms with Crippen molar-refractivity contribution in [3.05, 3.63) is 35.7 Å². The maximum absolute atomic E-state index is 5.52. The van der Waals surface area contributed by atoms with Crippen LogP contribution in [0.3, 0.4) is 0 Å². The second-order valence-electron chi connectivity index (χ2n) is 4.46. The predicted molar refractivity (Wildman–Crippen MR) is 63.8 cm³/mol. The minimum Gasteiger partial charge on any atom is -0.378 e. The molecule has 1 atom stereocenters. The normalized spacial score (nSPS) is 21.3. The Morgan fingerprint density at radius 2 is 2.50 bits per heavy atom. The van der Waals surface area contributed by atoms with E-state index >= 15 is 0 Å². The average Bonchev–Trinajstić information content (AvgIpc) is 3.02. The van der Waals surface area contributed by atoms with E-state index in [0.717, 1.165) is 19.7 Å². The van der Waals surface area contributed by atoms with Crippen molar-refractivity contribution >= 4 is 0 Å². The molecule has 0 spiro atoms. The van der Waals surface area contributed by atoms with E-state index in [1.807, 2.05) is 19.3 Å². The van der Waals surface area contributed by atoms with Crippen molar-refractivity contribution in [2.45, 2.75) is 19.5 Å². The number of aryl methyl sites for hydroxylation is 1. The summed E-state index contributed by atoms with van der Waals surface area (Å²) < 4.78 is 10.8. The zero-order valence-corrected chi connectivity index (χ0v) is 10.3. The molecule has 6 nitrogen and oxygen atoms in total. The van der Waals surface area contributed by atoms with Gasteiger partial charge in [-0.1, -0.05) is 5.16 Å². The maximum Gasteiger partial charge on any atom is 0.246 e. The van der Waals surface area contributed by atoms with Gasteiger partial charge in [0.2, 0.25) is 5.89 Å². The lowest BCUT2D eigenvalue weighted by atomic mass is 10.2. The minimum atomic E-state index is 0.0508. The van der Waals surface area contributed by atoms with Gasteiger partial charge in [0.05, 0.1) is 13.2 Å². The Bertz CT molecular complexity index is 494. The van der Waals surface area contributed by atoms with Crippen molar-refractivity contribution in [3.63, 3.8) is 0 Å². The van der Waals surface area contributed by atoms with Gasteiger partial charge in [0.25, 0.3) is 0 Å². The zero-order chi connectivity index (χ0) is 12.4. The molecule has 1 aliphatic rings. The SMILES string of the molecule is Cc1noc(C2COCCN2Cc2cc[nH]c2)n1. The van der Waals surface area contributed by atoms with E-state index in [1.165, 1.54) is 5.56 Å². The average molecular weight is 248 g/mol. The predicted octanol–water partition coefficient (Wildman–Crippen LogP) is 1.28. The first-order chi connectivity index (χ1) is 8.83. The van der Waals surface area contributed by atoms with Crippen LogP contribution >= 0.6 is 0 Å². The Hall–Kier alpha value is -1.66. The van der Waals surface area contributed by atoms with E-state index in [4.69, 9.17) is 9.26 Å². The Labute approximate surface area is 105 Å². The molecule has 0 radical (unpaired) electrons. The van der Waals surface area contributed by atoms with E-state index in [0.29, 0.717) is 18.3 Å². The summed E-state index contributed by atoms with van der Waals surface area (Å²) in [6.07, 6.45) is 3.94. The van der Waals surface area contributed by atoms with Gasteiger partial charge >= 0.3 is 0 Å². The molecule has 1 aliphatic heterocycles. The molecule has 1 saturated heterocycles. The first-order valence-electron chi connectivity index (χ1n) is 6.06. The monoisotopic (exact) mass is 248 g/mol. The van der Waals surface area contributed by atoms with Crippen LogP contribution in [0.1, 0.15) is 23.3 Å². The number of hydrogen-bond donors (Lipinski definition) is 1. The van der Waals surface area contributed by atoms with Crippen molar-refractivity contribution in [3.8, 4) is 0 Å². The summed E-state index contributed by atoms with van der Waals surface area (Å²) in [5, 5.41) is 3.85. The van der Waals surface area contributed by atoms with E-state index in [2.05, 4.69) is 26.1 Å². The molecule has 1 fully saturated rings. The fourth-order valence-electron chi connectivity index (χ4n) is 2.19. The lowest BCUT2D eigenvalue weighted by molar-refractivity contribution is -0.0240. The molecule has 3 rings (SSSR count). The van der Waals surface area contributed by atoms with Gasteiger partial charge in [-0.15, -0.1) is 0 Å². The fourth-order valence-corrected chi connectivity index (χ4v) is 2.19. The molecule has 18 heavy (non-hydrogen) atoms. The van der Waals surface area contributed by atoms with Crippen LogP contribution in [-0.4, -0.2) is 39.8 Å². The number of ether oxygens (including phenoxy) is 1. The Morgan fingerprint density at radius 1 is 1.56 bits per heavy atom. The van der Waals surface area contributed by atoms with Crippen LogP contribution in [0.4, 0.5) is 0 Å². The Kier molecular flexibility index (Phi) is 3.12. The molecule has 0 bridgehead atoms.